The molecule has 136 valence electrons. The zero-order chi connectivity index (χ0) is 18.2. The second kappa shape index (κ2) is 6.37. The normalized spacial score (nSPS) is 28.8. The summed E-state index contributed by atoms with van der Waals surface area (Å²) in [4.78, 5) is 4.27. The molecule has 1 aromatic rings. The van der Waals surface area contributed by atoms with Crippen LogP contribution in [0.15, 0.2) is 17.4 Å². The number of aryl methyl sites for hydroxylation is 1. The third-order valence-corrected chi connectivity index (χ3v) is 5.74. The Morgan fingerprint density at radius 2 is 2.21 bits per heavy atom. The third-order valence-electron chi connectivity index (χ3n) is 5.74. The van der Waals surface area contributed by atoms with Gasteiger partial charge >= 0.3 is 0 Å². The van der Waals surface area contributed by atoms with Gasteiger partial charge in [-0.15, -0.1) is 0 Å². The minimum Gasteiger partial charge on any atom is -0.383 e. The van der Waals surface area contributed by atoms with Gasteiger partial charge in [-0.2, -0.15) is 5.10 Å². The second-order valence-electron chi connectivity index (χ2n) is 7.66. The van der Waals surface area contributed by atoms with E-state index in [0.717, 1.165) is 12.0 Å². The maximum Gasteiger partial charge on any atom is 0.191 e. The van der Waals surface area contributed by atoms with Crippen LogP contribution >= 0.6 is 0 Å². The lowest BCUT2D eigenvalue weighted by Crippen LogP contribution is -2.69. The van der Waals surface area contributed by atoms with Gasteiger partial charge in [-0.05, 0) is 20.3 Å². The maximum atomic E-state index is 10.7. The largest absolute Gasteiger partial charge is 0.383 e. The fourth-order valence-corrected chi connectivity index (χ4v) is 3.14. The van der Waals surface area contributed by atoms with Crippen LogP contribution in [0.4, 0.5) is 0 Å². The molecule has 1 saturated carbocycles. The number of nitrogens with zero attached hydrogens (tertiary/aromatic N) is 3. The Bertz CT molecular complexity index is 608. The Morgan fingerprint density at radius 1 is 1.54 bits per heavy atom. The fourth-order valence-electron chi connectivity index (χ4n) is 3.14. The van der Waals surface area contributed by atoms with Crippen LogP contribution in [-0.2, 0) is 17.4 Å². The summed E-state index contributed by atoms with van der Waals surface area (Å²) >= 11 is 0. The van der Waals surface area contributed by atoms with E-state index in [2.05, 4.69) is 41.5 Å². The number of nitrogens with one attached hydrogen (secondary N) is 2. The molecule has 0 spiro atoms. The van der Waals surface area contributed by atoms with Gasteiger partial charge in [0.05, 0.1) is 18.3 Å². The molecule has 24 heavy (non-hydrogen) atoms. The molecule has 7 heteroatoms. The lowest BCUT2D eigenvalue weighted by molar-refractivity contribution is -0.176. The molecule has 0 amide bonds. The number of ether oxygens (including phenoxy) is 1. The van der Waals surface area contributed by atoms with E-state index in [1.807, 2.05) is 13.2 Å². The molecule has 1 heterocycles. The van der Waals surface area contributed by atoms with Gasteiger partial charge in [0.25, 0.3) is 0 Å². The zero-order valence-electron chi connectivity index (χ0n) is 15.8. The first-order chi connectivity index (χ1) is 11.1. The summed E-state index contributed by atoms with van der Waals surface area (Å²) in [6.07, 6.45) is 4.41. The molecule has 1 fully saturated rings. The molecule has 3 N–H and O–H groups in total. The Morgan fingerprint density at radius 3 is 2.67 bits per heavy atom. The lowest BCUT2D eigenvalue weighted by Gasteiger charge is -2.59. The summed E-state index contributed by atoms with van der Waals surface area (Å²) in [6.45, 7) is 8.62. The molecule has 0 saturated heterocycles. The number of hydrogen-bond donors (Lipinski definition) is 3. The van der Waals surface area contributed by atoms with Crippen molar-refractivity contribution in [2.75, 3.05) is 20.7 Å². The monoisotopic (exact) mass is 337 g/mol. The molecular weight excluding hydrogens is 306 g/mol. The van der Waals surface area contributed by atoms with Crippen molar-refractivity contribution in [1.29, 1.82) is 0 Å². The highest BCUT2D eigenvalue weighted by Gasteiger charge is 2.58. The molecule has 1 aromatic heterocycles. The molecule has 1 aliphatic rings. The first kappa shape index (κ1) is 18.7. The standard InChI is InChI=1S/C17H31N5O2/c1-15(2)13(8-17(15,4)24-7)21-14(18-5)19-11-16(3,23)12-9-20-22(6)10-12/h9-10,13,23H,8,11H2,1-7H3,(H2,18,19,21). The van der Waals surface area contributed by atoms with E-state index in [1.54, 1.807) is 32.0 Å². The van der Waals surface area contributed by atoms with Crippen LogP contribution in [0.5, 0.6) is 0 Å². The second-order valence-corrected chi connectivity index (χ2v) is 7.66. The predicted molar refractivity (Wildman–Crippen MR) is 94.9 cm³/mol. The number of aromatic nitrogens is 2. The first-order valence-electron chi connectivity index (χ1n) is 8.29. The summed E-state index contributed by atoms with van der Waals surface area (Å²) in [7, 11) is 5.32. The predicted octanol–water partition coefficient (Wildman–Crippen LogP) is 0.996. The van der Waals surface area contributed by atoms with Gasteiger partial charge in [0.1, 0.15) is 5.60 Å². The van der Waals surface area contributed by atoms with Crippen molar-refractivity contribution in [3.63, 3.8) is 0 Å². The van der Waals surface area contributed by atoms with Crippen molar-refractivity contribution in [2.45, 2.75) is 51.4 Å². The van der Waals surface area contributed by atoms with Gasteiger partial charge in [0, 0.05) is 44.4 Å². The SMILES string of the molecule is CN=C(NCC(C)(O)c1cnn(C)c1)NC1CC(C)(OC)C1(C)C. The maximum absolute atomic E-state index is 10.7. The number of aliphatic imine (C=N–C) groups is 1. The van der Waals surface area contributed by atoms with E-state index in [9.17, 15) is 5.11 Å². The van der Waals surface area contributed by atoms with Crippen LogP contribution in [0.1, 0.15) is 39.7 Å². The minimum absolute atomic E-state index is 0.00869. The molecular formula is C17H31N5O2. The van der Waals surface area contributed by atoms with E-state index >= 15 is 0 Å². The molecule has 0 bridgehead atoms. The van der Waals surface area contributed by atoms with Crippen LogP contribution in [0.3, 0.4) is 0 Å². The number of guanidine groups is 1. The van der Waals surface area contributed by atoms with Gasteiger partial charge in [-0.3, -0.25) is 9.67 Å². The van der Waals surface area contributed by atoms with Gasteiger partial charge in [0.2, 0.25) is 0 Å². The van der Waals surface area contributed by atoms with Crippen LogP contribution in [-0.4, -0.2) is 53.2 Å². The Hall–Kier alpha value is -1.60. The lowest BCUT2D eigenvalue weighted by atomic mass is 9.56. The van der Waals surface area contributed by atoms with Gasteiger partial charge in [-0.1, -0.05) is 13.8 Å². The minimum atomic E-state index is -1.03. The van der Waals surface area contributed by atoms with Crippen LogP contribution in [0, 0.1) is 5.41 Å². The molecule has 0 aromatic carbocycles. The Balaban J connectivity index is 1.95. The number of methoxy groups -OCH3 is 1. The molecule has 7 nitrogen and oxygen atoms in total. The quantitative estimate of drug-likeness (QED) is 0.551. The van der Waals surface area contributed by atoms with E-state index in [1.165, 1.54) is 0 Å². The summed E-state index contributed by atoms with van der Waals surface area (Å²) in [5, 5.41) is 21.4. The topological polar surface area (TPSA) is 83.7 Å². The van der Waals surface area contributed by atoms with Crippen molar-refractivity contribution in [1.82, 2.24) is 20.4 Å². The summed E-state index contributed by atoms with van der Waals surface area (Å²) in [5.41, 5.74) is -0.401. The Labute approximate surface area is 144 Å². The van der Waals surface area contributed by atoms with Gasteiger partial charge in [0.15, 0.2) is 5.96 Å². The van der Waals surface area contributed by atoms with E-state index in [-0.39, 0.29) is 17.1 Å². The van der Waals surface area contributed by atoms with Crippen LogP contribution < -0.4 is 10.6 Å². The van der Waals surface area contributed by atoms with Crippen molar-refractivity contribution >= 4 is 5.96 Å². The molecule has 3 unspecified atom stereocenters. The van der Waals surface area contributed by atoms with Gasteiger partial charge in [-0.25, -0.2) is 0 Å². The molecule has 3 atom stereocenters. The highest BCUT2D eigenvalue weighted by molar-refractivity contribution is 5.80. The zero-order valence-corrected chi connectivity index (χ0v) is 15.8. The fraction of sp³-hybridized carbons (Fsp3) is 0.765. The summed E-state index contributed by atoms with van der Waals surface area (Å²) in [5.74, 6) is 0.676. The number of aliphatic hydroxyl groups is 1. The van der Waals surface area contributed by atoms with Gasteiger partial charge < -0.3 is 20.5 Å². The van der Waals surface area contributed by atoms with E-state index in [4.69, 9.17) is 4.74 Å². The first-order valence-corrected chi connectivity index (χ1v) is 8.29. The van der Waals surface area contributed by atoms with Crippen molar-refractivity contribution in [3.8, 4) is 0 Å². The van der Waals surface area contributed by atoms with E-state index in [0.29, 0.717) is 12.5 Å². The van der Waals surface area contributed by atoms with Crippen LogP contribution in [0.25, 0.3) is 0 Å². The third kappa shape index (κ3) is 3.28. The molecule has 0 aliphatic heterocycles. The summed E-state index contributed by atoms with van der Waals surface area (Å²) < 4.78 is 7.34. The highest BCUT2D eigenvalue weighted by Crippen LogP contribution is 2.51. The highest BCUT2D eigenvalue weighted by atomic mass is 16.5. The van der Waals surface area contributed by atoms with Crippen molar-refractivity contribution in [2.24, 2.45) is 17.5 Å². The average molecular weight is 337 g/mol. The molecule has 2 rings (SSSR count). The Kier molecular flexibility index (Phi) is 4.97. The number of rotatable bonds is 5. The average Bonchev–Trinajstić information content (AvgIpc) is 2.97. The smallest absolute Gasteiger partial charge is 0.191 e. The molecule has 1 aliphatic carbocycles. The van der Waals surface area contributed by atoms with E-state index < -0.39 is 5.60 Å². The molecule has 0 radical (unpaired) electrons. The number of hydrogen-bond acceptors (Lipinski definition) is 4. The summed E-state index contributed by atoms with van der Waals surface area (Å²) in [6, 6.07) is 0.261. The van der Waals surface area contributed by atoms with Crippen molar-refractivity contribution < 1.29 is 9.84 Å². The van der Waals surface area contributed by atoms with Crippen molar-refractivity contribution in [3.05, 3.63) is 18.0 Å². The van der Waals surface area contributed by atoms with Crippen LogP contribution in [0.2, 0.25) is 0 Å².